The lowest BCUT2D eigenvalue weighted by Crippen LogP contribution is -3.14. The van der Waals surface area contributed by atoms with Gasteiger partial charge >= 0.3 is 0 Å². The fourth-order valence-electron chi connectivity index (χ4n) is 5.17. The van der Waals surface area contributed by atoms with Crippen LogP contribution >= 0.6 is 0 Å². The van der Waals surface area contributed by atoms with E-state index in [1.165, 1.54) is 17.7 Å². The maximum Gasteiger partial charge on any atom is 0.258 e. The lowest BCUT2D eigenvalue weighted by Gasteiger charge is -2.31. The molecule has 0 radical (unpaired) electrons. The Kier molecular flexibility index (Phi) is 5.12. The van der Waals surface area contributed by atoms with Crippen molar-refractivity contribution in [3.05, 3.63) is 51.1 Å². The number of tetrazole rings is 1. The Bertz CT molecular complexity index is 1110. The van der Waals surface area contributed by atoms with Gasteiger partial charge in [0.25, 0.3) is 5.56 Å². The molecule has 5 rings (SSSR count). The summed E-state index contributed by atoms with van der Waals surface area (Å²) in [5, 5.41) is 13.9. The van der Waals surface area contributed by atoms with Crippen LogP contribution in [0.2, 0.25) is 0 Å². The molecule has 158 valence electrons. The van der Waals surface area contributed by atoms with E-state index < -0.39 is 0 Å². The lowest BCUT2D eigenvalue weighted by atomic mass is 9.99. The van der Waals surface area contributed by atoms with Gasteiger partial charge < -0.3 is 14.6 Å². The molecule has 1 atom stereocenters. The molecule has 1 aliphatic carbocycles. The average Bonchev–Trinajstić information content (AvgIpc) is 3.41. The second kappa shape index (κ2) is 7.92. The smallest absolute Gasteiger partial charge is 0.258 e. The largest absolute Gasteiger partial charge is 0.370 e. The van der Waals surface area contributed by atoms with Gasteiger partial charge in [0, 0.05) is 10.9 Å². The third-order valence-corrected chi connectivity index (χ3v) is 6.64. The predicted molar refractivity (Wildman–Crippen MR) is 113 cm³/mol. The summed E-state index contributed by atoms with van der Waals surface area (Å²) in [5.41, 5.74) is 3.86. The minimum absolute atomic E-state index is 0.0579. The molecular weight excluding hydrogens is 380 g/mol. The molecule has 0 spiro atoms. The second-order valence-corrected chi connectivity index (χ2v) is 8.72. The van der Waals surface area contributed by atoms with Crippen molar-refractivity contribution in [1.82, 2.24) is 25.2 Å². The molecule has 30 heavy (non-hydrogen) atoms. The highest BCUT2D eigenvalue weighted by Gasteiger charge is 2.37. The zero-order chi connectivity index (χ0) is 20.7. The fourth-order valence-corrected chi connectivity index (χ4v) is 5.17. The van der Waals surface area contributed by atoms with Crippen molar-refractivity contribution in [2.75, 3.05) is 26.3 Å². The summed E-state index contributed by atoms with van der Waals surface area (Å²) in [5.74, 6) is 0.799. The number of nitrogens with one attached hydrogen (secondary N) is 2. The molecule has 2 aliphatic rings. The van der Waals surface area contributed by atoms with E-state index in [-0.39, 0.29) is 11.6 Å². The van der Waals surface area contributed by atoms with Crippen LogP contribution in [0.5, 0.6) is 0 Å². The molecule has 1 aliphatic heterocycles. The molecular formula is C22H29N6O2+. The molecule has 8 nitrogen and oxygen atoms in total. The van der Waals surface area contributed by atoms with Crippen molar-refractivity contribution in [2.24, 2.45) is 0 Å². The normalized spacial score (nSPS) is 19.5. The van der Waals surface area contributed by atoms with Gasteiger partial charge in [0.2, 0.25) is 5.82 Å². The van der Waals surface area contributed by atoms with E-state index in [0.717, 1.165) is 59.3 Å². The number of fused-ring (bicyclic) bond motifs is 1. The summed E-state index contributed by atoms with van der Waals surface area (Å²) in [7, 11) is 0. The Morgan fingerprint density at radius 3 is 2.70 bits per heavy atom. The number of hydrogen-bond donors (Lipinski definition) is 2. The summed E-state index contributed by atoms with van der Waals surface area (Å²) in [4.78, 5) is 17.7. The number of aromatic amines is 1. The van der Waals surface area contributed by atoms with E-state index in [2.05, 4.69) is 46.5 Å². The standard InChI is InChI=1S/C22H28N6O2/c1-14-11-15(2)17-13-18(22(29)23-19(17)12-14)20(27-7-9-30-10-8-27)21-24-25-26-28(21)16-5-3-4-6-16/h11-13,16,20H,3-10H2,1-2H3,(H,23,29)/p+1/t20-/m1/s1. The molecule has 0 bridgehead atoms. The lowest BCUT2D eigenvalue weighted by molar-refractivity contribution is -0.933. The average molecular weight is 410 g/mol. The number of aromatic nitrogens is 5. The number of H-pyrrole nitrogens is 1. The number of pyridine rings is 1. The summed E-state index contributed by atoms with van der Waals surface area (Å²) in [6.07, 6.45) is 4.59. The molecule has 2 N–H and O–H groups in total. The molecule has 3 aromatic rings. The van der Waals surface area contributed by atoms with E-state index in [1.54, 1.807) is 0 Å². The number of aryl methyl sites for hydroxylation is 2. The van der Waals surface area contributed by atoms with Gasteiger partial charge in [0.15, 0.2) is 6.04 Å². The molecule has 3 heterocycles. The first-order valence-corrected chi connectivity index (χ1v) is 11.0. The Morgan fingerprint density at radius 1 is 1.17 bits per heavy atom. The highest BCUT2D eigenvalue weighted by molar-refractivity contribution is 5.83. The summed E-state index contributed by atoms with van der Waals surface area (Å²) >= 11 is 0. The van der Waals surface area contributed by atoms with Gasteiger partial charge in [-0.2, -0.15) is 0 Å². The third kappa shape index (κ3) is 3.44. The maximum absolute atomic E-state index is 13.3. The second-order valence-electron chi connectivity index (χ2n) is 8.72. The first-order valence-electron chi connectivity index (χ1n) is 11.0. The van der Waals surface area contributed by atoms with E-state index in [1.807, 2.05) is 10.7 Å². The van der Waals surface area contributed by atoms with Gasteiger partial charge in [-0.25, -0.2) is 4.68 Å². The van der Waals surface area contributed by atoms with Crippen molar-refractivity contribution in [1.29, 1.82) is 0 Å². The first-order chi connectivity index (χ1) is 14.6. The Morgan fingerprint density at radius 2 is 1.93 bits per heavy atom. The Labute approximate surface area is 175 Å². The van der Waals surface area contributed by atoms with Crippen molar-refractivity contribution < 1.29 is 9.64 Å². The molecule has 2 fully saturated rings. The van der Waals surface area contributed by atoms with Gasteiger partial charge in [-0.05, 0) is 60.4 Å². The molecule has 1 aromatic carbocycles. The van der Waals surface area contributed by atoms with Crippen molar-refractivity contribution >= 4 is 10.9 Å². The minimum Gasteiger partial charge on any atom is -0.370 e. The summed E-state index contributed by atoms with van der Waals surface area (Å²) in [6, 6.07) is 6.36. The zero-order valence-corrected chi connectivity index (χ0v) is 17.6. The molecule has 1 saturated heterocycles. The van der Waals surface area contributed by atoms with Gasteiger partial charge in [-0.3, -0.25) is 4.79 Å². The predicted octanol–water partition coefficient (Wildman–Crippen LogP) is 1.25. The van der Waals surface area contributed by atoms with Crippen LogP contribution < -0.4 is 10.5 Å². The summed E-state index contributed by atoms with van der Waals surface area (Å²) in [6.45, 7) is 7.16. The van der Waals surface area contributed by atoms with Crippen molar-refractivity contribution in [3.63, 3.8) is 0 Å². The van der Waals surface area contributed by atoms with Gasteiger partial charge in [-0.1, -0.05) is 18.9 Å². The number of morpholine rings is 1. The van der Waals surface area contributed by atoms with Crippen LogP contribution in [0.15, 0.2) is 23.0 Å². The molecule has 0 unspecified atom stereocenters. The Hall–Kier alpha value is -2.58. The number of quaternary nitrogens is 1. The highest BCUT2D eigenvalue weighted by Crippen LogP contribution is 2.31. The monoisotopic (exact) mass is 409 g/mol. The van der Waals surface area contributed by atoms with Crippen LogP contribution in [0.4, 0.5) is 0 Å². The zero-order valence-electron chi connectivity index (χ0n) is 17.6. The molecule has 0 amide bonds. The van der Waals surface area contributed by atoms with Crippen LogP contribution in [0.3, 0.4) is 0 Å². The third-order valence-electron chi connectivity index (χ3n) is 6.64. The van der Waals surface area contributed by atoms with Crippen molar-refractivity contribution in [3.8, 4) is 0 Å². The number of ether oxygens (including phenoxy) is 1. The van der Waals surface area contributed by atoms with Crippen LogP contribution in [-0.2, 0) is 4.74 Å². The van der Waals surface area contributed by atoms with E-state index in [4.69, 9.17) is 4.74 Å². The number of benzene rings is 1. The number of rotatable bonds is 4. The fraction of sp³-hybridized carbons (Fsp3) is 0.545. The van der Waals surface area contributed by atoms with E-state index in [0.29, 0.717) is 19.3 Å². The molecule has 8 heteroatoms. The van der Waals surface area contributed by atoms with E-state index in [9.17, 15) is 4.79 Å². The van der Waals surface area contributed by atoms with Gasteiger partial charge in [-0.15, -0.1) is 5.10 Å². The number of hydrogen-bond acceptors (Lipinski definition) is 5. The molecule has 1 saturated carbocycles. The van der Waals surface area contributed by atoms with Crippen molar-refractivity contribution in [2.45, 2.75) is 51.6 Å². The topological polar surface area (TPSA) is 90.1 Å². The SMILES string of the molecule is Cc1cc(C)c2cc([C@H](c3nnnn3C3CCCC3)[NH+]3CCOCC3)c(=O)[nH]c2c1. The Balaban J connectivity index is 1.67. The van der Waals surface area contributed by atoms with Crippen LogP contribution in [-0.4, -0.2) is 51.5 Å². The highest BCUT2D eigenvalue weighted by atomic mass is 16.5. The number of nitrogens with zero attached hydrogens (tertiary/aromatic N) is 4. The van der Waals surface area contributed by atoms with Crippen LogP contribution in [0.1, 0.15) is 60.3 Å². The van der Waals surface area contributed by atoms with E-state index >= 15 is 0 Å². The van der Waals surface area contributed by atoms with Crippen LogP contribution in [0, 0.1) is 13.8 Å². The van der Waals surface area contributed by atoms with Gasteiger partial charge in [0.1, 0.15) is 13.1 Å². The van der Waals surface area contributed by atoms with Gasteiger partial charge in [0.05, 0.1) is 24.8 Å². The molecule has 2 aromatic heterocycles. The quantitative estimate of drug-likeness (QED) is 0.677. The maximum atomic E-state index is 13.3. The first kappa shape index (κ1) is 19.4. The van der Waals surface area contributed by atoms with Crippen LogP contribution in [0.25, 0.3) is 10.9 Å². The summed E-state index contributed by atoms with van der Waals surface area (Å²) < 4.78 is 7.59. The minimum atomic E-state index is -0.210.